The summed E-state index contributed by atoms with van der Waals surface area (Å²) in [4.78, 5) is 12.6. The summed E-state index contributed by atoms with van der Waals surface area (Å²) >= 11 is 0. The molecule has 2 fully saturated rings. The fraction of sp³-hybridized carbons (Fsp3) is 0.650. The lowest BCUT2D eigenvalue weighted by Gasteiger charge is -2.58. The second-order valence-electron chi connectivity index (χ2n) is 8.29. The van der Waals surface area contributed by atoms with Crippen molar-refractivity contribution < 1.29 is 9.21 Å². The number of Topliss-reactive ketones (excluding diaryl/α,β-unsaturated/α-hetero) is 1. The highest BCUT2D eigenvalue weighted by Gasteiger charge is 2.53. The number of allylic oxidation sites excluding steroid dienone is 1. The Kier molecular flexibility index (Phi) is 3.82. The van der Waals surface area contributed by atoms with Gasteiger partial charge in [-0.05, 0) is 54.4 Å². The molecule has 0 unspecified atom stereocenters. The molecule has 1 aromatic heterocycles. The topological polar surface area (TPSA) is 30.2 Å². The van der Waals surface area contributed by atoms with Crippen LogP contribution in [0, 0.1) is 22.7 Å². The molecular weight excluding hydrogens is 272 g/mol. The quantitative estimate of drug-likeness (QED) is 0.533. The van der Waals surface area contributed by atoms with E-state index in [2.05, 4.69) is 27.4 Å². The third kappa shape index (κ3) is 2.47. The predicted molar refractivity (Wildman–Crippen MR) is 88.7 cm³/mol. The fourth-order valence-corrected chi connectivity index (χ4v) is 5.38. The third-order valence-electron chi connectivity index (χ3n) is 6.55. The van der Waals surface area contributed by atoms with Crippen LogP contribution in [0.15, 0.2) is 35.2 Å². The van der Waals surface area contributed by atoms with Gasteiger partial charge in [0, 0.05) is 6.42 Å². The van der Waals surface area contributed by atoms with Gasteiger partial charge in [-0.1, -0.05) is 39.3 Å². The standard InChI is InChI=1S/C20H28O2/c1-14-6-7-18-19(2,3)9-5-10-20(18,4)16(14)12-17(21)15-8-11-22-13-15/h8,11,13,16,18H,1,5-7,9-10,12H2,2-4H3/t16-,18-,20+/m0/s1. The predicted octanol–water partition coefficient (Wildman–Crippen LogP) is 5.65. The van der Waals surface area contributed by atoms with Crippen molar-refractivity contribution in [2.24, 2.45) is 22.7 Å². The van der Waals surface area contributed by atoms with Gasteiger partial charge in [0.25, 0.3) is 0 Å². The van der Waals surface area contributed by atoms with E-state index in [-0.39, 0.29) is 11.2 Å². The number of fused-ring (bicyclic) bond motifs is 1. The molecule has 3 rings (SSSR count). The van der Waals surface area contributed by atoms with Crippen molar-refractivity contribution in [3.8, 4) is 0 Å². The molecule has 2 heteroatoms. The number of carbonyl (C=O) groups excluding carboxylic acids is 1. The summed E-state index contributed by atoms with van der Waals surface area (Å²) < 4.78 is 5.07. The van der Waals surface area contributed by atoms with Gasteiger partial charge in [0.05, 0.1) is 11.8 Å². The van der Waals surface area contributed by atoms with E-state index in [0.29, 0.717) is 29.2 Å². The number of hydrogen-bond donors (Lipinski definition) is 0. The van der Waals surface area contributed by atoms with Crippen LogP contribution < -0.4 is 0 Å². The first-order valence-electron chi connectivity index (χ1n) is 8.58. The van der Waals surface area contributed by atoms with Gasteiger partial charge in [0.15, 0.2) is 5.78 Å². The van der Waals surface area contributed by atoms with Crippen LogP contribution in [-0.4, -0.2) is 5.78 Å². The highest BCUT2D eigenvalue weighted by Crippen LogP contribution is 2.61. The molecule has 2 saturated carbocycles. The van der Waals surface area contributed by atoms with Gasteiger partial charge < -0.3 is 4.42 Å². The minimum absolute atomic E-state index is 0.199. The van der Waals surface area contributed by atoms with Gasteiger partial charge in [0.1, 0.15) is 6.26 Å². The first-order chi connectivity index (χ1) is 10.3. The molecule has 1 heterocycles. The van der Waals surface area contributed by atoms with Crippen molar-refractivity contribution in [2.75, 3.05) is 0 Å². The molecule has 0 spiro atoms. The summed E-state index contributed by atoms with van der Waals surface area (Å²) in [5, 5.41) is 0. The van der Waals surface area contributed by atoms with Crippen molar-refractivity contribution in [3.05, 3.63) is 36.3 Å². The van der Waals surface area contributed by atoms with E-state index in [1.165, 1.54) is 31.3 Å². The first-order valence-corrected chi connectivity index (χ1v) is 8.58. The third-order valence-corrected chi connectivity index (χ3v) is 6.55. The lowest BCUT2D eigenvalue weighted by atomic mass is 9.47. The Balaban J connectivity index is 1.87. The fourth-order valence-electron chi connectivity index (χ4n) is 5.38. The second-order valence-corrected chi connectivity index (χ2v) is 8.29. The van der Waals surface area contributed by atoms with E-state index in [1.54, 1.807) is 18.6 Å². The van der Waals surface area contributed by atoms with E-state index >= 15 is 0 Å². The van der Waals surface area contributed by atoms with Crippen LogP contribution in [0.25, 0.3) is 0 Å². The molecule has 120 valence electrons. The van der Waals surface area contributed by atoms with E-state index < -0.39 is 0 Å². The smallest absolute Gasteiger partial charge is 0.166 e. The average Bonchev–Trinajstić information content (AvgIpc) is 2.96. The number of carbonyl (C=O) groups is 1. The molecule has 2 aliphatic rings. The summed E-state index contributed by atoms with van der Waals surface area (Å²) in [7, 11) is 0. The largest absolute Gasteiger partial charge is 0.472 e. The molecule has 0 aromatic carbocycles. The summed E-state index contributed by atoms with van der Waals surface area (Å²) in [5.74, 6) is 1.21. The van der Waals surface area contributed by atoms with Gasteiger partial charge in [0.2, 0.25) is 0 Å². The lowest BCUT2D eigenvalue weighted by molar-refractivity contribution is -0.0519. The van der Waals surface area contributed by atoms with E-state index in [1.807, 2.05) is 0 Å². The highest BCUT2D eigenvalue weighted by atomic mass is 16.3. The van der Waals surface area contributed by atoms with Gasteiger partial charge in [-0.2, -0.15) is 0 Å². The lowest BCUT2D eigenvalue weighted by Crippen LogP contribution is -2.49. The van der Waals surface area contributed by atoms with Crippen molar-refractivity contribution in [1.82, 2.24) is 0 Å². The molecule has 0 saturated heterocycles. The number of rotatable bonds is 3. The van der Waals surface area contributed by atoms with Crippen LogP contribution >= 0.6 is 0 Å². The Labute approximate surface area is 134 Å². The van der Waals surface area contributed by atoms with Crippen molar-refractivity contribution in [3.63, 3.8) is 0 Å². The van der Waals surface area contributed by atoms with Gasteiger partial charge in [-0.15, -0.1) is 0 Å². The highest BCUT2D eigenvalue weighted by molar-refractivity contribution is 5.96. The normalized spacial score (nSPS) is 34.2. The molecular formula is C20H28O2. The molecule has 1 aromatic rings. The summed E-state index contributed by atoms with van der Waals surface area (Å²) in [6.45, 7) is 11.6. The molecule has 0 radical (unpaired) electrons. The van der Waals surface area contributed by atoms with Crippen LogP contribution in [0.3, 0.4) is 0 Å². The molecule has 0 bridgehead atoms. The van der Waals surface area contributed by atoms with Crippen LogP contribution in [0.5, 0.6) is 0 Å². The van der Waals surface area contributed by atoms with E-state index in [0.717, 1.165) is 6.42 Å². The minimum Gasteiger partial charge on any atom is -0.472 e. The number of ketones is 1. The summed E-state index contributed by atoms with van der Waals surface area (Å²) in [5.41, 5.74) is 2.59. The number of furan rings is 1. The molecule has 0 N–H and O–H groups in total. The molecule has 3 atom stereocenters. The van der Waals surface area contributed by atoms with Crippen molar-refractivity contribution in [2.45, 2.75) is 59.3 Å². The van der Waals surface area contributed by atoms with Gasteiger partial charge >= 0.3 is 0 Å². The molecule has 22 heavy (non-hydrogen) atoms. The Morgan fingerprint density at radius 2 is 2.14 bits per heavy atom. The van der Waals surface area contributed by atoms with Crippen LogP contribution in [0.4, 0.5) is 0 Å². The minimum atomic E-state index is 0.199. The Morgan fingerprint density at radius 1 is 1.36 bits per heavy atom. The molecule has 2 nitrogen and oxygen atoms in total. The van der Waals surface area contributed by atoms with E-state index in [4.69, 9.17) is 4.42 Å². The molecule has 0 amide bonds. The molecule has 2 aliphatic carbocycles. The van der Waals surface area contributed by atoms with Crippen LogP contribution in [-0.2, 0) is 0 Å². The maximum absolute atomic E-state index is 12.6. The monoisotopic (exact) mass is 300 g/mol. The first kappa shape index (κ1) is 15.6. The van der Waals surface area contributed by atoms with Gasteiger partial charge in [-0.3, -0.25) is 4.79 Å². The Morgan fingerprint density at radius 3 is 2.82 bits per heavy atom. The second kappa shape index (κ2) is 5.40. The Hall–Kier alpha value is -1.31. The van der Waals surface area contributed by atoms with Gasteiger partial charge in [-0.25, -0.2) is 0 Å². The van der Waals surface area contributed by atoms with E-state index in [9.17, 15) is 4.79 Å². The molecule has 0 aliphatic heterocycles. The number of hydrogen-bond acceptors (Lipinski definition) is 2. The van der Waals surface area contributed by atoms with Crippen LogP contribution in [0.2, 0.25) is 0 Å². The SMILES string of the molecule is C=C1CC[C@H]2C(C)(C)CCC[C@]2(C)[C@H]1CC(=O)c1ccoc1. The maximum Gasteiger partial charge on any atom is 0.166 e. The summed E-state index contributed by atoms with van der Waals surface area (Å²) in [6.07, 6.45) is 9.85. The van der Waals surface area contributed by atoms with Crippen molar-refractivity contribution in [1.29, 1.82) is 0 Å². The van der Waals surface area contributed by atoms with Crippen molar-refractivity contribution >= 4 is 5.78 Å². The zero-order valence-corrected chi connectivity index (χ0v) is 14.2. The zero-order valence-electron chi connectivity index (χ0n) is 14.2. The summed E-state index contributed by atoms with van der Waals surface area (Å²) in [6, 6.07) is 1.78. The average molecular weight is 300 g/mol. The maximum atomic E-state index is 12.6. The zero-order chi connectivity index (χ0) is 16.0. The van der Waals surface area contributed by atoms with Crippen LogP contribution in [0.1, 0.15) is 69.7 Å². The Bertz CT molecular complexity index is 567.